The van der Waals surface area contributed by atoms with Crippen LogP contribution in [0.5, 0.6) is 0 Å². The molecule has 0 aromatic carbocycles. The van der Waals surface area contributed by atoms with Crippen molar-refractivity contribution < 1.29 is 4.79 Å². The number of hydrogen-bond acceptors (Lipinski definition) is 3. The Hall–Kier alpha value is -0.480. The molecule has 0 saturated heterocycles. The Morgan fingerprint density at radius 1 is 1.43 bits per heavy atom. The number of hydrogen-bond donors (Lipinski definition) is 2. The molecule has 1 unspecified atom stereocenters. The van der Waals surface area contributed by atoms with Crippen LogP contribution in [0.2, 0.25) is 0 Å². The Morgan fingerprint density at radius 2 is 2.07 bits per heavy atom. The van der Waals surface area contributed by atoms with Crippen LogP contribution in [-0.4, -0.2) is 23.6 Å². The Labute approximate surface area is 89.5 Å². The van der Waals surface area contributed by atoms with Gasteiger partial charge in [-0.25, -0.2) is 0 Å². The molecule has 0 bridgehead atoms. The summed E-state index contributed by atoms with van der Waals surface area (Å²) in [5, 5.41) is 2.97. The molecule has 1 rings (SSSR count). The fourth-order valence-corrected chi connectivity index (χ4v) is 1.87. The average molecular weight is 214 g/mol. The van der Waals surface area contributed by atoms with Crippen LogP contribution in [0.4, 0.5) is 4.79 Å². The molecule has 0 aromatic rings. The zero-order valence-electron chi connectivity index (χ0n) is 8.53. The molecular formula is C10H18N2OS. The van der Waals surface area contributed by atoms with Crippen LogP contribution in [0.3, 0.4) is 0 Å². The molecule has 80 valence electrons. The van der Waals surface area contributed by atoms with Crippen molar-refractivity contribution >= 4 is 17.0 Å². The van der Waals surface area contributed by atoms with Crippen molar-refractivity contribution in [3.63, 3.8) is 0 Å². The lowest BCUT2D eigenvalue weighted by Gasteiger charge is -2.25. The van der Waals surface area contributed by atoms with E-state index in [9.17, 15) is 4.79 Å². The third-order valence-corrected chi connectivity index (χ3v) is 2.97. The second-order valence-corrected chi connectivity index (χ2v) is 4.31. The standard InChI is InChI=1S/C10H18N2OS/c1-14-10(13)12-9-7-5-3-2-4-6-8(9)11/h2-3,8-9H,4-7,11H2,1H3,(H,12,13)/b3-2+/t8?,9-/m1/s1. The molecule has 2 atom stereocenters. The van der Waals surface area contributed by atoms with E-state index in [1.165, 1.54) is 11.8 Å². The Kier molecular flexibility index (Phi) is 5.04. The smallest absolute Gasteiger partial charge is 0.279 e. The summed E-state index contributed by atoms with van der Waals surface area (Å²) in [7, 11) is 0. The van der Waals surface area contributed by atoms with Crippen LogP contribution < -0.4 is 11.1 Å². The topological polar surface area (TPSA) is 55.1 Å². The first-order chi connectivity index (χ1) is 6.74. The van der Waals surface area contributed by atoms with Gasteiger partial charge in [0.1, 0.15) is 0 Å². The lowest BCUT2D eigenvalue weighted by Crippen LogP contribution is -2.46. The van der Waals surface area contributed by atoms with Crippen LogP contribution in [0.15, 0.2) is 12.2 Å². The van der Waals surface area contributed by atoms with Gasteiger partial charge in [-0.15, -0.1) is 0 Å². The van der Waals surface area contributed by atoms with Crippen LogP contribution in [0, 0.1) is 0 Å². The highest BCUT2D eigenvalue weighted by atomic mass is 32.2. The molecule has 0 aromatic heterocycles. The van der Waals surface area contributed by atoms with Gasteiger partial charge in [0.25, 0.3) is 5.24 Å². The molecular weight excluding hydrogens is 196 g/mol. The first kappa shape index (κ1) is 11.6. The molecule has 0 radical (unpaired) electrons. The number of nitrogens with two attached hydrogens (primary N) is 1. The quantitative estimate of drug-likeness (QED) is 0.655. The minimum atomic E-state index is 0.0232. The van der Waals surface area contributed by atoms with Crippen molar-refractivity contribution in [2.75, 3.05) is 6.26 Å². The zero-order chi connectivity index (χ0) is 10.4. The third kappa shape index (κ3) is 3.72. The largest absolute Gasteiger partial charge is 0.343 e. The number of nitrogens with one attached hydrogen (secondary N) is 1. The van der Waals surface area contributed by atoms with Crippen molar-refractivity contribution in [3.05, 3.63) is 12.2 Å². The fourth-order valence-electron chi connectivity index (χ4n) is 1.60. The van der Waals surface area contributed by atoms with E-state index >= 15 is 0 Å². The van der Waals surface area contributed by atoms with Gasteiger partial charge in [0.15, 0.2) is 0 Å². The highest BCUT2D eigenvalue weighted by Crippen LogP contribution is 2.12. The lowest BCUT2D eigenvalue weighted by atomic mass is 9.96. The van der Waals surface area contributed by atoms with Gasteiger partial charge >= 0.3 is 0 Å². The van der Waals surface area contributed by atoms with Crippen molar-refractivity contribution in [1.82, 2.24) is 5.32 Å². The molecule has 4 heteroatoms. The first-order valence-electron chi connectivity index (χ1n) is 4.99. The Morgan fingerprint density at radius 3 is 2.71 bits per heavy atom. The van der Waals surface area contributed by atoms with Crippen molar-refractivity contribution in [1.29, 1.82) is 0 Å². The van der Waals surface area contributed by atoms with Crippen molar-refractivity contribution in [2.24, 2.45) is 5.73 Å². The highest BCUT2D eigenvalue weighted by Gasteiger charge is 2.19. The summed E-state index contributed by atoms with van der Waals surface area (Å²) < 4.78 is 0. The number of amides is 1. The maximum atomic E-state index is 11.2. The SMILES string of the molecule is CSC(=O)N[C@@H]1CC/C=C/CCC1N. The average Bonchev–Trinajstić information content (AvgIpc) is 2.17. The third-order valence-electron chi connectivity index (χ3n) is 2.48. The number of rotatable bonds is 1. The summed E-state index contributed by atoms with van der Waals surface area (Å²) in [6.07, 6.45) is 10.1. The molecule has 0 spiro atoms. The summed E-state index contributed by atoms with van der Waals surface area (Å²) in [6, 6.07) is 0.232. The van der Waals surface area contributed by atoms with E-state index in [2.05, 4.69) is 17.5 Å². The molecule has 0 fully saturated rings. The second-order valence-electron chi connectivity index (χ2n) is 3.53. The van der Waals surface area contributed by atoms with Gasteiger partial charge in [-0.1, -0.05) is 23.9 Å². The maximum absolute atomic E-state index is 11.2. The zero-order valence-corrected chi connectivity index (χ0v) is 9.35. The summed E-state index contributed by atoms with van der Waals surface area (Å²) in [4.78, 5) is 11.2. The van der Waals surface area contributed by atoms with Gasteiger partial charge in [0.2, 0.25) is 0 Å². The molecule has 0 heterocycles. The fraction of sp³-hybridized carbons (Fsp3) is 0.700. The van der Waals surface area contributed by atoms with Gasteiger partial charge in [-0.2, -0.15) is 0 Å². The minimum absolute atomic E-state index is 0.0232. The first-order valence-corrected chi connectivity index (χ1v) is 6.21. The Balaban J connectivity index is 2.47. The van der Waals surface area contributed by atoms with Crippen molar-refractivity contribution in [3.8, 4) is 0 Å². The molecule has 1 aliphatic carbocycles. The summed E-state index contributed by atoms with van der Waals surface area (Å²) in [5.74, 6) is 0. The summed E-state index contributed by atoms with van der Waals surface area (Å²) in [6.45, 7) is 0. The number of allylic oxidation sites excluding steroid dienone is 2. The minimum Gasteiger partial charge on any atom is -0.343 e. The van der Waals surface area contributed by atoms with E-state index in [4.69, 9.17) is 5.73 Å². The Bertz CT molecular complexity index is 218. The maximum Gasteiger partial charge on any atom is 0.279 e. The summed E-state index contributed by atoms with van der Waals surface area (Å²) >= 11 is 1.21. The van der Waals surface area contributed by atoms with Crippen LogP contribution in [-0.2, 0) is 0 Å². The van der Waals surface area contributed by atoms with Gasteiger partial charge in [0, 0.05) is 12.1 Å². The predicted molar refractivity (Wildman–Crippen MR) is 61.4 cm³/mol. The number of carbonyl (C=O) groups is 1. The molecule has 14 heavy (non-hydrogen) atoms. The normalized spacial score (nSPS) is 30.1. The predicted octanol–water partition coefficient (Wildman–Crippen LogP) is 1.89. The molecule has 0 saturated carbocycles. The van der Waals surface area contributed by atoms with Crippen molar-refractivity contribution in [2.45, 2.75) is 37.8 Å². The van der Waals surface area contributed by atoms with E-state index in [1.807, 2.05) is 0 Å². The van der Waals surface area contributed by atoms with Gasteiger partial charge in [-0.3, -0.25) is 4.79 Å². The molecule has 3 nitrogen and oxygen atoms in total. The van der Waals surface area contributed by atoms with Crippen LogP contribution >= 0.6 is 11.8 Å². The van der Waals surface area contributed by atoms with E-state index in [0.717, 1.165) is 25.7 Å². The van der Waals surface area contributed by atoms with E-state index in [0.29, 0.717) is 0 Å². The van der Waals surface area contributed by atoms with Gasteiger partial charge < -0.3 is 11.1 Å². The van der Waals surface area contributed by atoms with Crippen LogP contribution in [0.25, 0.3) is 0 Å². The van der Waals surface area contributed by atoms with Gasteiger partial charge in [0.05, 0.1) is 0 Å². The molecule has 0 aliphatic heterocycles. The number of carbonyl (C=O) groups excluding carboxylic acids is 1. The van der Waals surface area contributed by atoms with Crippen LogP contribution in [0.1, 0.15) is 25.7 Å². The van der Waals surface area contributed by atoms with E-state index < -0.39 is 0 Å². The number of thioether (sulfide) groups is 1. The molecule has 1 amide bonds. The highest BCUT2D eigenvalue weighted by molar-refractivity contribution is 8.12. The molecule has 3 N–H and O–H groups in total. The monoisotopic (exact) mass is 214 g/mol. The second kappa shape index (κ2) is 6.09. The lowest BCUT2D eigenvalue weighted by molar-refractivity contribution is 0.253. The van der Waals surface area contributed by atoms with E-state index in [-0.39, 0.29) is 17.3 Å². The van der Waals surface area contributed by atoms with E-state index in [1.54, 1.807) is 6.26 Å². The van der Waals surface area contributed by atoms with Gasteiger partial charge in [-0.05, 0) is 31.9 Å². The summed E-state index contributed by atoms with van der Waals surface area (Å²) in [5.41, 5.74) is 5.99. The molecule has 1 aliphatic rings.